The maximum absolute atomic E-state index is 10.5. The average molecular weight is 321 g/mol. The summed E-state index contributed by atoms with van der Waals surface area (Å²) in [6, 6.07) is 8.10. The summed E-state index contributed by atoms with van der Waals surface area (Å²) in [6.45, 7) is 17.8. The van der Waals surface area contributed by atoms with Gasteiger partial charge in [-0.2, -0.15) is 0 Å². The summed E-state index contributed by atoms with van der Waals surface area (Å²) < 4.78 is 6.26. The molecule has 0 fully saturated rings. The van der Waals surface area contributed by atoms with Crippen LogP contribution in [0.3, 0.4) is 0 Å². The summed E-state index contributed by atoms with van der Waals surface area (Å²) in [6.07, 6.45) is 2.23. The predicted molar refractivity (Wildman–Crippen MR) is 97.4 cm³/mol. The van der Waals surface area contributed by atoms with Crippen molar-refractivity contribution in [3.63, 3.8) is 0 Å². The van der Waals surface area contributed by atoms with Crippen LogP contribution in [-0.4, -0.2) is 13.4 Å². The molecule has 0 spiro atoms. The molecule has 2 atom stereocenters. The zero-order valence-electron chi connectivity index (χ0n) is 15.0. The summed E-state index contributed by atoms with van der Waals surface area (Å²) in [7, 11) is -1.75. The number of rotatable bonds is 7. The molecule has 1 N–H and O–H groups in total. The van der Waals surface area contributed by atoms with Crippen molar-refractivity contribution in [1.82, 2.24) is 0 Å². The Bertz CT molecular complexity index is 488. The number of aliphatic hydroxyl groups is 1. The lowest BCUT2D eigenvalue weighted by atomic mass is 9.93. The van der Waals surface area contributed by atoms with Gasteiger partial charge in [0.2, 0.25) is 0 Å². The fraction of sp³-hybridized carbons (Fsp3) is 0.579. The molecule has 0 saturated heterocycles. The number of aliphatic hydroxyl groups excluding tert-OH is 1. The van der Waals surface area contributed by atoms with Crippen LogP contribution in [0.1, 0.15) is 51.3 Å². The van der Waals surface area contributed by atoms with Gasteiger partial charge in [0.15, 0.2) is 8.32 Å². The highest BCUT2D eigenvalue weighted by Gasteiger charge is 2.37. The van der Waals surface area contributed by atoms with Crippen molar-refractivity contribution in [2.75, 3.05) is 0 Å². The zero-order valence-corrected chi connectivity index (χ0v) is 16.0. The Morgan fingerprint density at radius 1 is 1.32 bits per heavy atom. The van der Waals surface area contributed by atoms with Gasteiger partial charge in [-0.15, -0.1) is 6.58 Å². The first kappa shape index (κ1) is 19.1. The minimum Gasteiger partial charge on any atom is -0.413 e. The molecule has 1 rings (SSSR count). The SMILES string of the molecule is C=C[C@H](CC)[C@@H](O)c1cccc(CO[Si](C)(C)C(C)(C)C)c1. The van der Waals surface area contributed by atoms with Crippen LogP contribution in [0.2, 0.25) is 18.1 Å². The van der Waals surface area contributed by atoms with Crippen molar-refractivity contribution in [3.05, 3.63) is 48.0 Å². The molecule has 0 heterocycles. The van der Waals surface area contributed by atoms with Crippen molar-refractivity contribution in [1.29, 1.82) is 0 Å². The fourth-order valence-electron chi connectivity index (χ4n) is 2.11. The maximum Gasteiger partial charge on any atom is 0.192 e. The van der Waals surface area contributed by atoms with E-state index in [0.29, 0.717) is 6.61 Å². The van der Waals surface area contributed by atoms with Gasteiger partial charge in [-0.05, 0) is 35.7 Å². The highest BCUT2D eigenvalue weighted by Crippen LogP contribution is 2.37. The van der Waals surface area contributed by atoms with E-state index in [1.54, 1.807) is 0 Å². The standard InChI is InChI=1S/C19H32O2Si/c1-8-16(9-2)18(20)17-12-10-11-15(13-17)14-21-22(6,7)19(3,4)5/h8,10-13,16,18,20H,1,9,14H2,2-7H3/t16-,18-/m1/s1. The summed E-state index contributed by atoms with van der Waals surface area (Å²) in [5, 5.41) is 10.7. The first-order chi connectivity index (χ1) is 10.1. The number of hydrogen-bond acceptors (Lipinski definition) is 2. The lowest BCUT2D eigenvalue weighted by Crippen LogP contribution is -2.40. The summed E-state index contributed by atoms with van der Waals surface area (Å²) >= 11 is 0. The van der Waals surface area contributed by atoms with Gasteiger partial charge in [-0.3, -0.25) is 0 Å². The minimum atomic E-state index is -1.75. The molecular formula is C19H32O2Si. The monoisotopic (exact) mass is 320 g/mol. The Balaban J connectivity index is 2.83. The van der Waals surface area contributed by atoms with Gasteiger partial charge in [-0.25, -0.2) is 0 Å². The lowest BCUT2D eigenvalue weighted by molar-refractivity contribution is 0.129. The van der Waals surface area contributed by atoms with Crippen LogP contribution >= 0.6 is 0 Å². The first-order valence-corrected chi connectivity index (χ1v) is 11.1. The van der Waals surface area contributed by atoms with Gasteiger partial charge in [0.25, 0.3) is 0 Å². The van der Waals surface area contributed by atoms with Crippen molar-refractivity contribution < 1.29 is 9.53 Å². The molecule has 2 nitrogen and oxygen atoms in total. The van der Waals surface area contributed by atoms with E-state index >= 15 is 0 Å². The van der Waals surface area contributed by atoms with Gasteiger partial charge in [0.1, 0.15) is 0 Å². The van der Waals surface area contributed by atoms with Crippen LogP contribution in [0.15, 0.2) is 36.9 Å². The number of benzene rings is 1. The third kappa shape index (κ3) is 4.80. The summed E-state index contributed by atoms with van der Waals surface area (Å²) in [4.78, 5) is 0. The molecule has 3 heteroatoms. The Hall–Kier alpha value is -0.903. The molecule has 0 radical (unpaired) electrons. The third-order valence-corrected chi connectivity index (χ3v) is 9.36. The van der Waals surface area contributed by atoms with Crippen LogP contribution < -0.4 is 0 Å². The van der Waals surface area contributed by atoms with Gasteiger partial charge in [-0.1, -0.05) is 58.0 Å². The Morgan fingerprint density at radius 3 is 2.45 bits per heavy atom. The van der Waals surface area contributed by atoms with E-state index in [1.165, 1.54) is 0 Å². The van der Waals surface area contributed by atoms with Crippen LogP contribution in [0, 0.1) is 5.92 Å². The van der Waals surface area contributed by atoms with E-state index < -0.39 is 14.4 Å². The van der Waals surface area contributed by atoms with E-state index in [2.05, 4.69) is 59.5 Å². The van der Waals surface area contributed by atoms with Gasteiger partial charge in [0, 0.05) is 5.92 Å². The van der Waals surface area contributed by atoms with E-state index in [9.17, 15) is 5.11 Å². The molecule has 0 unspecified atom stereocenters. The predicted octanol–water partition coefficient (Wildman–Crippen LogP) is 5.45. The normalized spacial score (nSPS) is 15.4. The Kier molecular flexibility index (Phi) is 6.60. The van der Waals surface area contributed by atoms with Crippen LogP contribution in [0.4, 0.5) is 0 Å². The molecule has 0 amide bonds. The molecular weight excluding hydrogens is 288 g/mol. The lowest BCUT2D eigenvalue weighted by Gasteiger charge is -2.36. The summed E-state index contributed by atoms with van der Waals surface area (Å²) in [5.41, 5.74) is 2.07. The Morgan fingerprint density at radius 2 is 1.95 bits per heavy atom. The Labute approximate surface area is 137 Å². The molecule has 0 aromatic heterocycles. The second-order valence-corrected chi connectivity index (χ2v) is 12.4. The second kappa shape index (κ2) is 7.58. The molecule has 22 heavy (non-hydrogen) atoms. The topological polar surface area (TPSA) is 29.5 Å². The quantitative estimate of drug-likeness (QED) is 0.534. The highest BCUT2D eigenvalue weighted by atomic mass is 28.4. The van der Waals surface area contributed by atoms with E-state index in [-0.39, 0.29) is 11.0 Å². The molecule has 1 aromatic carbocycles. The maximum atomic E-state index is 10.5. The van der Waals surface area contributed by atoms with Crippen LogP contribution in [-0.2, 0) is 11.0 Å². The highest BCUT2D eigenvalue weighted by molar-refractivity contribution is 6.74. The van der Waals surface area contributed by atoms with E-state index in [4.69, 9.17) is 4.43 Å². The fourth-order valence-corrected chi connectivity index (χ4v) is 3.07. The van der Waals surface area contributed by atoms with Gasteiger partial charge < -0.3 is 9.53 Å². The largest absolute Gasteiger partial charge is 0.413 e. The molecule has 1 aromatic rings. The second-order valence-electron chi connectivity index (χ2n) is 7.55. The van der Waals surface area contributed by atoms with Crippen molar-refractivity contribution >= 4 is 8.32 Å². The summed E-state index contributed by atoms with van der Waals surface area (Å²) in [5.74, 6) is 0.0940. The van der Waals surface area contributed by atoms with Crippen LogP contribution in [0.5, 0.6) is 0 Å². The first-order valence-electron chi connectivity index (χ1n) is 8.15. The zero-order chi connectivity index (χ0) is 17.0. The molecule has 0 aliphatic rings. The number of hydrogen-bond donors (Lipinski definition) is 1. The average Bonchev–Trinajstić information content (AvgIpc) is 2.45. The molecule has 0 aliphatic carbocycles. The third-order valence-electron chi connectivity index (χ3n) is 4.88. The van der Waals surface area contributed by atoms with E-state index in [1.807, 2.05) is 18.2 Å². The van der Waals surface area contributed by atoms with Crippen molar-refractivity contribution in [2.24, 2.45) is 5.92 Å². The molecule has 0 saturated carbocycles. The molecule has 0 aliphatic heterocycles. The van der Waals surface area contributed by atoms with Crippen molar-refractivity contribution in [3.8, 4) is 0 Å². The molecule has 0 bridgehead atoms. The van der Waals surface area contributed by atoms with E-state index in [0.717, 1.165) is 17.5 Å². The van der Waals surface area contributed by atoms with Gasteiger partial charge >= 0.3 is 0 Å². The van der Waals surface area contributed by atoms with Crippen molar-refractivity contribution in [2.45, 2.75) is 65.0 Å². The van der Waals surface area contributed by atoms with Crippen LogP contribution in [0.25, 0.3) is 0 Å². The smallest absolute Gasteiger partial charge is 0.192 e. The molecule has 124 valence electrons. The minimum absolute atomic E-state index is 0.0940. The van der Waals surface area contributed by atoms with Gasteiger partial charge in [0.05, 0.1) is 12.7 Å².